The molecule has 1 atom stereocenters. The molecule has 1 saturated heterocycles. The molecule has 0 aliphatic carbocycles. The van der Waals surface area contributed by atoms with Crippen LogP contribution in [-0.4, -0.2) is 43.8 Å². The van der Waals surface area contributed by atoms with Crippen molar-refractivity contribution < 1.29 is 9.13 Å². The van der Waals surface area contributed by atoms with Crippen LogP contribution < -0.4 is 5.32 Å². The Kier molecular flexibility index (Phi) is 4.55. The van der Waals surface area contributed by atoms with Crippen molar-refractivity contribution in [2.24, 2.45) is 0 Å². The molecular weight excluding hydrogens is 231 g/mol. The molecule has 1 aromatic carbocycles. The van der Waals surface area contributed by atoms with Gasteiger partial charge in [0.25, 0.3) is 0 Å². The molecule has 0 aromatic heterocycles. The molecule has 0 radical (unpaired) electrons. The van der Waals surface area contributed by atoms with E-state index in [1.165, 1.54) is 6.07 Å². The largest absolute Gasteiger partial charge is 0.380 e. The van der Waals surface area contributed by atoms with E-state index in [1.807, 2.05) is 13.0 Å². The lowest BCUT2D eigenvalue weighted by molar-refractivity contribution is -0.0192. The number of likely N-dealkylation sites (N-methyl/N-ethyl adjacent to an activating group) is 1. The Bertz CT molecular complexity index is 397. The van der Waals surface area contributed by atoms with E-state index in [0.29, 0.717) is 12.2 Å². The fraction of sp³-hybridized carbons (Fsp3) is 0.571. The van der Waals surface area contributed by atoms with Gasteiger partial charge in [-0.25, -0.2) is 4.39 Å². The summed E-state index contributed by atoms with van der Waals surface area (Å²) in [5.41, 5.74) is 1.62. The number of benzene rings is 1. The highest BCUT2D eigenvalue weighted by Crippen LogP contribution is 2.16. The minimum atomic E-state index is -0.205. The van der Waals surface area contributed by atoms with Gasteiger partial charge in [-0.05, 0) is 31.2 Å². The first kappa shape index (κ1) is 13.3. The molecule has 2 rings (SSSR count). The molecule has 100 valence electrons. The van der Waals surface area contributed by atoms with E-state index in [0.717, 1.165) is 31.8 Å². The molecule has 1 aliphatic rings. The van der Waals surface area contributed by atoms with E-state index in [4.69, 9.17) is 4.74 Å². The van der Waals surface area contributed by atoms with Crippen molar-refractivity contribution in [2.75, 3.05) is 38.1 Å². The molecule has 1 fully saturated rings. The molecule has 0 bridgehead atoms. The minimum Gasteiger partial charge on any atom is -0.380 e. The van der Waals surface area contributed by atoms with Gasteiger partial charge >= 0.3 is 0 Å². The van der Waals surface area contributed by atoms with Crippen LogP contribution in [-0.2, 0) is 4.74 Å². The number of hydrogen-bond donors (Lipinski definition) is 1. The molecular formula is C14H21FN2O. The van der Waals surface area contributed by atoms with E-state index in [2.05, 4.69) is 17.1 Å². The average molecular weight is 252 g/mol. The van der Waals surface area contributed by atoms with Crippen LogP contribution >= 0.6 is 0 Å². The molecule has 0 amide bonds. The highest BCUT2D eigenvalue weighted by atomic mass is 19.1. The predicted molar refractivity (Wildman–Crippen MR) is 71.5 cm³/mol. The molecule has 18 heavy (non-hydrogen) atoms. The Morgan fingerprint density at radius 1 is 1.50 bits per heavy atom. The minimum absolute atomic E-state index is 0.138. The summed E-state index contributed by atoms with van der Waals surface area (Å²) < 4.78 is 19.2. The number of anilines is 1. The quantitative estimate of drug-likeness (QED) is 0.889. The zero-order chi connectivity index (χ0) is 13.0. The van der Waals surface area contributed by atoms with Gasteiger partial charge in [-0.2, -0.15) is 0 Å². The second-order valence-corrected chi connectivity index (χ2v) is 4.75. The number of halogens is 1. The molecule has 1 N–H and O–H groups in total. The van der Waals surface area contributed by atoms with Crippen molar-refractivity contribution in [3.05, 3.63) is 29.6 Å². The van der Waals surface area contributed by atoms with Gasteiger partial charge in [0.1, 0.15) is 5.82 Å². The molecule has 0 spiro atoms. The fourth-order valence-electron chi connectivity index (χ4n) is 2.19. The normalized spacial score (nSPS) is 20.9. The molecule has 1 heterocycles. The van der Waals surface area contributed by atoms with Crippen LogP contribution in [0, 0.1) is 12.7 Å². The number of morpholine rings is 1. The van der Waals surface area contributed by atoms with Crippen LogP contribution in [0.25, 0.3) is 0 Å². The van der Waals surface area contributed by atoms with Crippen LogP contribution in [0.15, 0.2) is 18.2 Å². The summed E-state index contributed by atoms with van der Waals surface area (Å²) in [5, 5.41) is 3.14. The Morgan fingerprint density at radius 3 is 3.11 bits per heavy atom. The second-order valence-electron chi connectivity index (χ2n) is 4.75. The Hall–Kier alpha value is -1.13. The first-order valence-corrected chi connectivity index (χ1v) is 6.53. The summed E-state index contributed by atoms with van der Waals surface area (Å²) >= 11 is 0. The summed E-state index contributed by atoms with van der Waals surface area (Å²) in [6, 6.07) is 5.10. The molecule has 3 nitrogen and oxygen atoms in total. The SMILES string of the molecule is CCN1CCOC(CNc2cc(C)ccc2F)C1. The summed E-state index contributed by atoms with van der Waals surface area (Å²) in [7, 11) is 0. The van der Waals surface area contributed by atoms with Gasteiger partial charge in [-0.15, -0.1) is 0 Å². The lowest BCUT2D eigenvalue weighted by Crippen LogP contribution is -2.45. The molecule has 1 aromatic rings. The molecule has 1 unspecified atom stereocenters. The van der Waals surface area contributed by atoms with Crippen molar-refractivity contribution in [2.45, 2.75) is 20.0 Å². The zero-order valence-electron chi connectivity index (χ0n) is 11.1. The zero-order valence-corrected chi connectivity index (χ0v) is 11.1. The monoisotopic (exact) mass is 252 g/mol. The maximum absolute atomic E-state index is 13.6. The lowest BCUT2D eigenvalue weighted by Gasteiger charge is -2.32. The topological polar surface area (TPSA) is 24.5 Å². The Labute approximate surface area is 108 Å². The highest BCUT2D eigenvalue weighted by Gasteiger charge is 2.19. The number of ether oxygens (including phenoxy) is 1. The predicted octanol–water partition coefficient (Wildman–Crippen LogP) is 2.27. The number of rotatable bonds is 4. The third-order valence-corrected chi connectivity index (χ3v) is 3.31. The van der Waals surface area contributed by atoms with E-state index in [1.54, 1.807) is 6.07 Å². The third-order valence-electron chi connectivity index (χ3n) is 3.31. The van der Waals surface area contributed by atoms with Gasteiger partial charge in [0, 0.05) is 19.6 Å². The van der Waals surface area contributed by atoms with E-state index >= 15 is 0 Å². The van der Waals surface area contributed by atoms with Crippen molar-refractivity contribution in [1.29, 1.82) is 0 Å². The van der Waals surface area contributed by atoms with E-state index in [-0.39, 0.29) is 11.9 Å². The summed E-state index contributed by atoms with van der Waals surface area (Å²) in [4.78, 5) is 2.35. The van der Waals surface area contributed by atoms with Crippen molar-refractivity contribution in [1.82, 2.24) is 4.90 Å². The van der Waals surface area contributed by atoms with Gasteiger partial charge in [0.15, 0.2) is 0 Å². The van der Waals surface area contributed by atoms with Gasteiger partial charge in [0.2, 0.25) is 0 Å². The van der Waals surface area contributed by atoms with Crippen LogP contribution in [0.2, 0.25) is 0 Å². The number of nitrogens with zero attached hydrogens (tertiary/aromatic N) is 1. The number of hydrogen-bond acceptors (Lipinski definition) is 3. The van der Waals surface area contributed by atoms with Crippen molar-refractivity contribution in [3.8, 4) is 0 Å². The maximum Gasteiger partial charge on any atom is 0.146 e. The van der Waals surface area contributed by atoms with Crippen molar-refractivity contribution >= 4 is 5.69 Å². The van der Waals surface area contributed by atoms with Crippen LogP contribution in [0.1, 0.15) is 12.5 Å². The summed E-state index contributed by atoms with van der Waals surface area (Å²) in [5.74, 6) is -0.205. The summed E-state index contributed by atoms with van der Waals surface area (Å²) in [6.07, 6.45) is 0.138. The summed E-state index contributed by atoms with van der Waals surface area (Å²) in [6.45, 7) is 8.46. The average Bonchev–Trinajstić information content (AvgIpc) is 2.40. The van der Waals surface area contributed by atoms with Gasteiger partial charge in [0.05, 0.1) is 18.4 Å². The smallest absolute Gasteiger partial charge is 0.146 e. The van der Waals surface area contributed by atoms with Gasteiger partial charge < -0.3 is 10.1 Å². The molecule has 4 heteroatoms. The van der Waals surface area contributed by atoms with Crippen molar-refractivity contribution in [3.63, 3.8) is 0 Å². The molecule has 1 aliphatic heterocycles. The van der Waals surface area contributed by atoms with Gasteiger partial charge in [-0.3, -0.25) is 4.90 Å². The lowest BCUT2D eigenvalue weighted by atomic mass is 10.2. The second kappa shape index (κ2) is 6.16. The first-order chi connectivity index (χ1) is 8.69. The third kappa shape index (κ3) is 3.43. The van der Waals surface area contributed by atoms with Crippen LogP contribution in [0.3, 0.4) is 0 Å². The van der Waals surface area contributed by atoms with Crippen LogP contribution in [0.4, 0.5) is 10.1 Å². The van der Waals surface area contributed by atoms with E-state index < -0.39 is 0 Å². The number of nitrogens with one attached hydrogen (secondary N) is 1. The highest BCUT2D eigenvalue weighted by molar-refractivity contribution is 5.47. The number of aryl methyl sites for hydroxylation is 1. The standard InChI is InChI=1S/C14H21FN2O/c1-3-17-6-7-18-12(10-17)9-16-14-8-11(2)4-5-13(14)15/h4-5,8,12,16H,3,6-7,9-10H2,1-2H3. The Balaban J connectivity index is 1.89. The first-order valence-electron chi connectivity index (χ1n) is 6.53. The van der Waals surface area contributed by atoms with Gasteiger partial charge in [-0.1, -0.05) is 13.0 Å². The molecule has 0 saturated carbocycles. The van der Waals surface area contributed by atoms with Crippen LogP contribution in [0.5, 0.6) is 0 Å². The fourth-order valence-corrected chi connectivity index (χ4v) is 2.19. The Morgan fingerprint density at radius 2 is 2.33 bits per heavy atom. The van der Waals surface area contributed by atoms with E-state index in [9.17, 15) is 4.39 Å². The maximum atomic E-state index is 13.6.